The van der Waals surface area contributed by atoms with Crippen molar-refractivity contribution in [2.75, 3.05) is 168 Å². The van der Waals surface area contributed by atoms with Crippen molar-refractivity contribution in [3.63, 3.8) is 0 Å². The number of rotatable bonds is 4. The molecule has 2 heterocycles. The summed E-state index contributed by atoms with van der Waals surface area (Å²) in [5.74, 6) is -1.13. The fourth-order valence-electron chi connectivity index (χ4n) is 4.41. The molecule has 0 radical (unpaired) electrons. The monoisotopic (exact) mass is 861 g/mol. The van der Waals surface area contributed by atoms with Gasteiger partial charge in [-0.15, -0.1) is 46.4 Å². The Bertz CT molecular complexity index is 758. The van der Waals surface area contributed by atoms with Crippen LogP contribution in [0.1, 0.15) is 19.3 Å². The number of nitrogens with one attached hydrogen (secondary N) is 2. The van der Waals surface area contributed by atoms with Crippen molar-refractivity contribution in [3.8, 4) is 0 Å². The first kappa shape index (κ1) is 52.2. The number of halogens is 5. The van der Waals surface area contributed by atoms with Crippen molar-refractivity contribution in [3.05, 3.63) is 0 Å². The molecular formula is C33H60Cl5N5O10. The lowest BCUT2D eigenvalue weighted by Gasteiger charge is -2.25. The SMILES string of the molecule is C1CCOCCNCCOCCNCCOCC1.O=C(CCl)N1CCOCCN(C(=O)CCl)CCOCCN(C(=O)CCl)CCOCC1.O=C(Cl)CCl. The van der Waals surface area contributed by atoms with E-state index in [2.05, 4.69) is 10.6 Å². The lowest BCUT2D eigenvalue weighted by atomic mass is 10.2. The van der Waals surface area contributed by atoms with E-state index in [0.717, 1.165) is 78.7 Å². The summed E-state index contributed by atoms with van der Waals surface area (Å²) in [7, 11) is 0. The fourth-order valence-corrected chi connectivity index (χ4v) is 4.92. The third kappa shape index (κ3) is 33.1. The van der Waals surface area contributed by atoms with Crippen molar-refractivity contribution in [2.24, 2.45) is 0 Å². The van der Waals surface area contributed by atoms with Crippen molar-refractivity contribution in [1.82, 2.24) is 25.3 Å². The topological polar surface area (TPSA) is 157 Å². The average Bonchev–Trinajstić information content (AvgIpc) is 3.17. The second-order valence-electron chi connectivity index (χ2n) is 11.3. The van der Waals surface area contributed by atoms with Crippen LogP contribution in [-0.4, -0.2) is 206 Å². The molecule has 0 spiro atoms. The normalized spacial score (nSPS) is 19.7. The number of hydrogen-bond acceptors (Lipinski definition) is 12. The molecule has 2 fully saturated rings. The van der Waals surface area contributed by atoms with Crippen LogP contribution in [0, 0.1) is 0 Å². The minimum Gasteiger partial charge on any atom is -0.380 e. The van der Waals surface area contributed by atoms with E-state index in [1.165, 1.54) is 6.42 Å². The van der Waals surface area contributed by atoms with Gasteiger partial charge in [0.2, 0.25) is 23.0 Å². The van der Waals surface area contributed by atoms with Crippen LogP contribution in [0.5, 0.6) is 0 Å². The molecule has 0 aliphatic carbocycles. The maximum Gasteiger partial charge on any atom is 0.237 e. The number of amides is 3. The summed E-state index contributed by atoms with van der Waals surface area (Å²) in [6, 6.07) is 0. The Kier molecular flexibility index (Phi) is 38.9. The first-order chi connectivity index (χ1) is 25.8. The van der Waals surface area contributed by atoms with Gasteiger partial charge in [0.25, 0.3) is 0 Å². The first-order valence-corrected chi connectivity index (χ1v) is 20.5. The molecule has 0 unspecified atom stereocenters. The summed E-state index contributed by atoms with van der Waals surface area (Å²) in [4.78, 5) is 50.1. The van der Waals surface area contributed by atoms with Crippen LogP contribution >= 0.6 is 58.0 Å². The summed E-state index contributed by atoms with van der Waals surface area (Å²) < 4.78 is 33.2. The van der Waals surface area contributed by atoms with Crippen LogP contribution in [0.4, 0.5) is 0 Å². The van der Waals surface area contributed by atoms with Crippen LogP contribution in [0.3, 0.4) is 0 Å². The van der Waals surface area contributed by atoms with Gasteiger partial charge in [-0.05, 0) is 30.9 Å². The third-order valence-corrected chi connectivity index (χ3v) is 8.51. The quantitative estimate of drug-likeness (QED) is 0.312. The maximum atomic E-state index is 12.0. The first-order valence-electron chi connectivity index (χ1n) is 17.9. The van der Waals surface area contributed by atoms with Crippen LogP contribution in [-0.2, 0) is 47.6 Å². The van der Waals surface area contributed by atoms with E-state index in [4.69, 9.17) is 86.4 Å². The molecule has 15 nitrogen and oxygen atoms in total. The third-order valence-electron chi connectivity index (χ3n) is 7.31. The average molecular weight is 864 g/mol. The molecule has 20 heteroatoms. The van der Waals surface area contributed by atoms with Crippen LogP contribution in [0.25, 0.3) is 0 Å². The molecule has 53 heavy (non-hydrogen) atoms. The van der Waals surface area contributed by atoms with Gasteiger partial charge in [-0.1, -0.05) is 0 Å². The number of carbonyl (C=O) groups is 4. The Morgan fingerprint density at radius 2 is 0.642 bits per heavy atom. The van der Waals surface area contributed by atoms with Crippen LogP contribution < -0.4 is 10.6 Å². The molecule has 2 aliphatic rings. The van der Waals surface area contributed by atoms with E-state index < -0.39 is 5.24 Å². The Labute approximate surface area is 340 Å². The summed E-state index contributed by atoms with van der Waals surface area (Å²) >= 11 is 26.6. The molecule has 0 aromatic carbocycles. The van der Waals surface area contributed by atoms with Crippen LogP contribution in [0.15, 0.2) is 0 Å². The Hall–Kier alpha value is -0.790. The van der Waals surface area contributed by atoms with Gasteiger partial charge in [0.1, 0.15) is 17.6 Å². The number of ether oxygens (including phenoxy) is 6. The molecule has 2 saturated heterocycles. The van der Waals surface area contributed by atoms with Gasteiger partial charge in [-0.25, -0.2) is 0 Å². The van der Waals surface area contributed by atoms with Gasteiger partial charge in [0.15, 0.2) is 0 Å². The molecule has 2 aliphatic heterocycles. The maximum absolute atomic E-state index is 12.0. The molecule has 0 saturated carbocycles. The smallest absolute Gasteiger partial charge is 0.237 e. The predicted octanol–water partition coefficient (Wildman–Crippen LogP) is 1.64. The largest absolute Gasteiger partial charge is 0.380 e. The van der Waals surface area contributed by atoms with Crippen molar-refractivity contribution < 1.29 is 47.6 Å². The summed E-state index contributed by atoms with van der Waals surface area (Å²) in [6.45, 7) is 12.4. The summed E-state index contributed by atoms with van der Waals surface area (Å²) in [5, 5.41) is 6.09. The van der Waals surface area contributed by atoms with E-state index in [1.54, 1.807) is 14.7 Å². The van der Waals surface area contributed by atoms with E-state index in [1.807, 2.05) is 0 Å². The highest BCUT2D eigenvalue weighted by Gasteiger charge is 2.16. The van der Waals surface area contributed by atoms with Crippen molar-refractivity contribution >= 4 is 81.0 Å². The molecule has 0 atom stereocenters. The van der Waals surface area contributed by atoms with Gasteiger partial charge in [-0.2, -0.15) is 0 Å². The zero-order valence-corrected chi connectivity index (χ0v) is 34.6. The van der Waals surface area contributed by atoms with Gasteiger partial charge in [0.05, 0.1) is 71.9 Å². The molecule has 0 bridgehead atoms. The molecule has 3 amide bonds. The number of carbonyl (C=O) groups excluding carboxylic acids is 4. The van der Waals surface area contributed by atoms with Crippen molar-refractivity contribution in [2.45, 2.75) is 19.3 Å². The number of hydrogen-bond donors (Lipinski definition) is 2. The minimum atomic E-state index is -0.508. The Morgan fingerprint density at radius 1 is 0.396 bits per heavy atom. The minimum absolute atomic E-state index is 0.0957. The fraction of sp³-hybridized carbons (Fsp3) is 0.879. The highest BCUT2D eigenvalue weighted by Crippen LogP contribution is 2.00. The van der Waals surface area contributed by atoms with E-state index in [0.29, 0.717) is 78.9 Å². The molecule has 2 N–H and O–H groups in total. The lowest BCUT2D eigenvalue weighted by Crippen LogP contribution is -2.41. The van der Waals surface area contributed by atoms with Gasteiger partial charge in [-0.3, -0.25) is 19.2 Å². The van der Waals surface area contributed by atoms with Gasteiger partial charge >= 0.3 is 0 Å². The molecule has 0 aromatic rings. The Balaban J connectivity index is 0.000000989. The van der Waals surface area contributed by atoms with Crippen LogP contribution in [0.2, 0.25) is 0 Å². The highest BCUT2D eigenvalue weighted by molar-refractivity contribution is 6.67. The van der Waals surface area contributed by atoms with Gasteiger partial charge in [0, 0.05) is 78.7 Å². The molecular weight excluding hydrogens is 804 g/mol. The zero-order valence-electron chi connectivity index (χ0n) is 30.8. The summed E-state index contributed by atoms with van der Waals surface area (Å²) in [5.41, 5.74) is 0. The van der Waals surface area contributed by atoms with E-state index in [9.17, 15) is 19.2 Å². The Morgan fingerprint density at radius 3 is 0.887 bits per heavy atom. The second kappa shape index (κ2) is 39.4. The van der Waals surface area contributed by atoms with Gasteiger partial charge < -0.3 is 53.8 Å². The number of alkyl halides is 4. The lowest BCUT2D eigenvalue weighted by molar-refractivity contribution is -0.131. The standard InChI is InChI=1S/C18H30Cl3N3O6.C13H28N2O3.C2H2Cl2O/c19-13-16(25)22-1-7-28-9-3-23(17(26)14-20)5-11-30-12-6-24(18(27)15-21)4-10-29-8-2-22;1-2-8-16-10-4-14-6-12-18-13-7-15-5-11-17-9-3-1;3-1-2(4)5/h1-15H2;14-15H,1-13H2;1H2. The molecule has 312 valence electrons. The van der Waals surface area contributed by atoms with Crippen molar-refractivity contribution in [1.29, 1.82) is 0 Å². The predicted molar refractivity (Wildman–Crippen MR) is 208 cm³/mol. The zero-order chi connectivity index (χ0) is 39.2. The number of nitrogens with zero attached hydrogens (tertiary/aromatic N) is 3. The van der Waals surface area contributed by atoms with E-state index >= 15 is 0 Å². The molecule has 2 rings (SSSR count). The second-order valence-corrected chi connectivity index (χ2v) is 12.8. The van der Waals surface area contributed by atoms with E-state index in [-0.39, 0.29) is 41.2 Å². The highest BCUT2D eigenvalue weighted by atomic mass is 35.5. The summed E-state index contributed by atoms with van der Waals surface area (Å²) in [6.07, 6.45) is 3.45. The molecule has 0 aromatic heterocycles.